The fourth-order valence-electron chi connectivity index (χ4n) is 1.48. The van der Waals surface area contributed by atoms with E-state index in [4.69, 9.17) is 5.14 Å². The lowest BCUT2D eigenvalue weighted by Crippen LogP contribution is -2.22. The van der Waals surface area contributed by atoms with Crippen molar-refractivity contribution < 1.29 is 26.3 Å². The van der Waals surface area contributed by atoms with E-state index < -0.39 is 16.4 Å². The number of alkyl halides is 3. The van der Waals surface area contributed by atoms with Crippen LogP contribution in [-0.4, -0.2) is 27.1 Å². The average Bonchev–Trinajstić information content (AvgIpc) is 2.25. The molecule has 0 fully saturated rings. The molecule has 0 spiro atoms. The van der Waals surface area contributed by atoms with Crippen molar-refractivity contribution in [3.05, 3.63) is 29.8 Å². The number of benzene rings is 1. The monoisotopic (exact) mass is 312 g/mol. The van der Waals surface area contributed by atoms with Gasteiger partial charge < -0.3 is 10.1 Å². The molecule has 0 aliphatic carbocycles. The first kappa shape index (κ1) is 16.7. The van der Waals surface area contributed by atoms with Crippen LogP contribution in [-0.2, 0) is 16.6 Å². The van der Waals surface area contributed by atoms with Gasteiger partial charge in [-0.25, -0.2) is 13.6 Å². The predicted molar refractivity (Wildman–Crippen MR) is 67.4 cm³/mol. The number of sulfonamides is 1. The number of hydrogen-bond acceptors (Lipinski definition) is 4. The summed E-state index contributed by atoms with van der Waals surface area (Å²) in [6.45, 7) is 0.695. The molecule has 5 nitrogen and oxygen atoms in total. The van der Waals surface area contributed by atoms with Crippen LogP contribution in [0.25, 0.3) is 0 Å². The molecule has 1 aromatic rings. The lowest BCUT2D eigenvalue weighted by atomic mass is 10.2. The molecule has 20 heavy (non-hydrogen) atoms. The Labute approximate surface area is 115 Å². The van der Waals surface area contributed by atoms with Crippen LogP contribution in [0.15, 0.2) is 24.3 Å². The van der Waals surface area contributed by atoms with Gasteiger partial charge in [0, 0.05) is 6.54 Å². The summed E-state index contributed by atoms with van der Waals surface area (Å²) in [6.07, 6.45) is -4.39. The van der Waals surface area contributed by atoms with Crippen molar-refractivity contribution in [1.82, 2.24) is 5.32 Å². The first-order valence-corrected chi connectivity index (χ1v) is 7.43. The standard InChI is InChI=1S/C11H15F3N2O3S/c12-11(13,14)19-10-4-1-3-9(7-10)8-16-5-2-6-20(15,17)18/h1,3-4,7,16H,2,5-6,8H2,(H2,15,17,18). The van der Waals surface area contributed by atoms with Gasteiger partial charge >= 0.3 is 6.36 Å². The van der Waals surface area contributed by atoms with E-state index in [9.17, 15) is 21.6 Å². The van der Waals surface area contributed by atoms with Crippen LogP contribution < -0.4 is 15.2 Å². The first-order chi connectivity index (χ1) is 9.16. The molecule has 0 aromatic heterocycles. The minimum Gasteiger partial charge on any atom is -0.406 e. The van der Waals surface area contributed by atoms with Crippen LogP contribution >= 0.6 is 0 Å². The highest BCUT2D eigenvalue weighted by molar-refractivity contribution is 7.89. The molecule has 3 N–H and O–H groups in total. The molecule has 0 unspecified atom stereocenters. The van der Waals surface area contributed by atoms with Gasteiger partial charge in [0.15, 0.2) is 0 Å². The second-order valence-electron chi connectivity index (χ2n) is 4.09. The Bertz CT molecular complexity index is 532. The van der Waals surface area contributed by atoms with E-state index in [0.717, 1.165) is 0 Å². The third-order valence-corrected chi connectivity index (χ3v) is 3.10. The normalized spacial score (nSPS) is 12.4. The summed E-state index contributed by atoms with van der Waals surface area (Å²) in [7, 11) is -3.48. The highest BCUT2D eigenvalue weighted by Crippen LogP contribution is 2.23. The maximum absolute atomic E-state index is 12.0. The minimum absolute atomic E-state index is 0.142. The Balaban J connectivity index is 2.39. The van der Waals surface area contributed by atoms with E-state index in [1.165, 1.54) is 18.2 Å². The Morgan fingerprint density at radius 2 is 2.00 bits per heavy atom. The summed E-state index contributed by atoms with van der Waals surface area (Å²) < 4.78 is 61.2. The molecule has 0 aliphatic rings. The van der Waals surface area contributed by atoms with Crippen molar-refractivity contribution in [2.75, 3.05) is 12.3 Å². The zero-order valence-corrected chi connectivity index (χ0v) is 11.3. The second kappa shape index (κ2) is 6.91. The summed E-state index contributed by atoms with van der Waals surface area (Å²) in [5, 5.41) is 7.74. The van der Waals surface area contributed by atoms with Gasteiger partial charge in [0.05, 0.1) is 5.75 Å². The van der Waals surface area contributed by atoms with E-state index in [1.807, 2.05) is 0 Å². The Kier molecular flexibility index (Phi) is 5.78. The third kappa shape index (κ3) is 7.97. The molecule has 9 heteroatoms. The smallest absolute Gasteiger partial charge is 0.406 e. The number of ether oxygens (including phenoxy) is 1. The van der Waals surface area contributed by atoms with E-state index >= 15 is 0 Å². The largest absolute Gasteiger partial charge is 0.573 e. The summed E-state index contributed by atoms with van der Waals surface area (Å²) in [5.41, 5.74) is 0.599. The highest BCUT2D eigenvalue weighted by Gasteiger charge is 2.31. The quantitative estimate of drug-likeness (QED) is 0.745. The summed E-state index contributed by atoms with van der Waals surface area (Å²) in [4.78, 5) is 0. The lowest BCUT2D eigenvalue weighted by molar-refractivity contribution is -0.274. The SMILES string of the molecule is NS(=O)(=O)CCCNCc1cccc(OC(F)(F)F)c1. The summed E-state index contributed by atoms with van der Waals surface area (Å²) >= 11 is 0. The maximum Gasteiger partial charge on any atom is 0.573 e. The molecule has 0 bridgehead atoms. The van der Waals surface area contributed by atoms with Crippen molar-refractivity contribution in [2.24, 2.45) is 5.14 Å². The van der Waals surface area contributed by atoms with Crippen molar-refractivity contribution >= 4 is 10.0 Å². The summed E-state index contributed by atoms with van der Waals surface area (Å²) in [5.74, 6) is -0.432. The maximum atomic E-state index is 12.0. The van der Waals surface area contributed by atoms with Gasteiger partial charge in [0.1, 0.15) is 5.75 Å². The molecule has 1 rings (SSSR count). The first-order valence-electron chi connectivity index (χ1n) is 5.71. The van der Waals surface area contributed by atoms with Gasteiger partial charge in [-0.15, -0.1) is 13.2 Å². The molecular weight excluding hydrogens is 297 g/mol. The fraction of sp³-hybridized carbons (Fsp3) is 0.455. The van der Waals surface area contributed by atoms with Gasteiger partial charge in [-0.2, -0.15) is 0 Å². The Morgan fingerprint density at radius 1 is 1.30 bits per heavy atom. The van der Waals surface area contributed by atoms with Crippen LogP contribution in [0.5, 0.6) is 5.75 Å². The number of hydrogen-bond donors (Lipinski definition) is 2. The molecule has 0 atom stereocenters. The van der Waals surface area contributed by atoms with Crippen LogP contribution in [0.1, 0.15) is 12.0 Å². The van der Waals surface area contributed by atoms with Crippen molar-refractivity contribution in [2.45, 2.75) is 19.3 Å². The minimum atomic E-state index is -4.72. The number of nitrogens with one attached hydrogen (secondary N) is 1. The number of rotatable bonds is 7. The molecule has 0 radical (unpaired) electrons. The zero-order valence-electron chi connectivity index (χ0n) is 10.5. The number of halogens is 3. The summed E-state index contributed by atoms with van der Waals surface area (Å²) in [6, 6.07) is 5.55. The Morgan fingerprint density at radius 3 is 2.60 bits per heavy atom. The van der Waals surface area contributed by atoms with E-state index in [0.29, 0.717) is 25.1 Å². The zero-order chi connectivity index (χ0) is 15.2. The van der Waals surface area contributed by atoms with E-state index in [1.54, 1.807) is 6.07 Å². The number of primary sulfonamides is 1. The number of nitrogens with two attached hydrogens (primary N) is 1. The van der Waals surface area contributed by atoms with Crippen LogP contribution in [0.3, 0.4) is 0 Å². The van der Waals surface area contributed by atoms with Gasteiger partial charge in [-0.3, -0.25) is 0 Å². The van der Waals surface area contributed by atoms with Crippen molar-refractivity contribution in [3.63, 3.8) is 0 Å². The predicted octanol–water partition coefficient (Wildman–Crippen LogP) is 1.35. The average molecular weight is 312 g/mol. The van der Waals surface area contributed by atoms with Crippen LogP contribution in [0, 0.1) is 0 Å². The molecule has 1 aromatic carbocycles. The van der Waals surface area contributed by atoms with Gasteiger partial charge in [-0.05, 0) is 30.7 Å². The molecular formula is C11H15F3N2O3S. The van der Waals surface area contributed by atoms with Gasteiger partial charge in [0.2, 0.25) is 10.0 Å². The van der Waals surface area contributed by atoms with Crippen LogP contribution in [0.2, 0.25) is 0 Å². The van der Waals surface area contributed by atoms with Gasteiger partial charge in [-0.1, -0.05) is 12.1 Å². The van der Waals surface area contributed by atoms with E-state index in [-0.39, 0.29) is 11.5 Å². The van der Waals surface area contributed by atoms with Crippen molar-refractivity contribution in [1.29, 1.82) is 0 Å². The molecule has 0 aliphatic heterocycles. The van der Waals surface area contributed by atoms with Gasteiger partial charge in [0.25, 0.3) is 0 Å². The second-order valence-corrected chi connectivity index (χ2v) is 5.83. The van der Waals surface area contributed by atoms with Crippen LogP contribution in [0.4, 0.5) is 13.2 Å². The molecule has 0 heterocycles. The molecule has 114 valence electrons. The van der Waals surface area contributed by atoms with Crippen molar-refractivity contribution in [3.8, 4) is 5.75 Å². The molecule has 0 saturated heterocycles. The molecule has 0 saturated carbocycles. The highest BCUT2D eigenvalue weighted by atomic mass is 32.2. The Hall–Kier alpha value is -1.32. The molecule has 0 amide bonds. The third-order valence-electron chi connectivity index (χ3n) is 2.24. The van der Waals surface area contributed by atoms with E-state index in [2.05, 4.69) is 10.1 Å². The topological polar surface area (TPSA) is 81.4 Å². The fourth-order valence-corrected chi connectivity index (χ4v) is 2.03. The lowest BCUT2D eigenvalue weighted by Gasteiger charge is -2.10.